The van der Waals surface area contributed by atoms with E-state index in [0.29, 0.717) is 6.42 Å². The van der Waals surface area contributed by atoms with Gasteiger partial charge in [0.25, 0.3) is 0 Å². The van der Waals surface area contributed by atoms with Gasteiger partial charge in [0, 0.05) is 6.42 Å². The highest BCUT2D eigenvalue weighted by atomic mass is 16.5. The van der Waals surface area contributed by atoms with Gasteiger partial charge in [-0.05, 0) is 65.6 Å². The molecule has 1 unspecified atom stereocenters. The number of hydrogen-bond donors (Lipinski definition) is 0. The minimum absolute atomic E-state index is 0.0954. The lowest BCUT2D eigenvalue weighted by Gasteiger charge is -2.16. The predicted octanol–water partition coefficient (Wildman–Crippen LogP) is 10.9. The molecule has 0 saturated heterocycles. The third kappa shape index (κ3) is 9.78. The quantitative estimate of drug-likeness (QED) is 0.133. The van der Waals surface area contributed by atoms with Crippen LogP contribution in [-0.2, 0) is 16.0 Å². The molecular formula is C36H48O2. The zero-order chi connectivity index (χ0) is 27.0. The molecule has 0 fully saturated rings. The predicted molar refractivity (Wildman–Crippen MR) is 162 cm³/mol. The second-order valence-corrected chi connectivity index (χ2v) is 10.7. The van der Waals surface area contributed by atoms with Crippen LogP contribution in [0.1, 0.15) is 115 Å². The van der Waals surface area contributed by atoms with E-state index in [-0.39, 0.29) is 12.1 Å². The monoisotopic (exact) mass is 512 g/mol. The van der Waals surface area contributed by atoms with Crippen LogP contribution in [0.3, 0.4) is 0 Å². The molecular weight excluding hydrogens is 464 g/mol. The molecule has 0 bridgehead atoms. The van der Waals surface area contributed by atoms with Gasteiger partial charge in [-0.25, -0.2) is 0 Å². The number of hydrogen-bond acceptors (Lipinski definition) is 2. The zero-order valence-electron chi connectivity index (χ0n) is 24.0. The van der Waals surface area contributed by atoms with Gasteiger partial charge in [0.1, 0.15) is 6.10 Å². The summed E-state index contributed by atoms with van der Waals surface area (Å²) in [5.74, 6) is -0.0954. The maximum Gasteiger partial charge on any atom is 0.306 e. The van der Waals surface area contributed by atoms with Crippen molar-refractivity contribution in [3.8, 4) is 22.3 Å². The van der Waals surface area contributed by atoms with E-state index in [4.69, 9.17) is 4.74 Å². The standard InChI is InChI=1S/C36H48O2/c1-4-6-8-10-12-13-19-30-20-17-22-32(27-30)34-24-15-16-25-35(34)33-23-18-21-31(28-33)29(3)38-36(37)26-14-11-9-7-5-2/h15-18,20-25,27-29H,4-14,19,26H2,1-3H3. The highest BCUT2D eigenvalue weighted by molar-refractivity contribution is 5.83. The third-order valence-electron chi connectivity index (χ3n) is 7.44. The lowest BCUT2D eigenvalue weighted by atomic mass is 9.92. The largest absolute Gasteiger partial charge is 0.458 e. The normalized spacial score (nSPS) is 11.9. The highest BCUT2D eigenvalue weighted by Crippen LogP contribution is 2.34. The van der Waals surface area contributed by atoms with Gasteiger partial charge in [-0.2, -0.15) is 0 Å². The summed E-state index contributed by atoms with van der Waals surface area (Å²) in [5, 5.41) is 0. The number of carbonyl (C=O) groups is 1. The second kappa shape index (κ2) is 16.9. The molecule has 0 spiro atoms. The van der Waals surface area contributed by atoms with Gasteiger partial charge < -0.3 is 4.74 Å². The average molecular weight is 513 g/mol. The van der Waals surface area contributed by atoms with Gasteiger partial charge in [-0.3, -0.25) is 4.79 Å². The average Bonchev–Trinajstić information content (AvgIpc) is 2.95. The van der Waals surface area contributed by atoms with Crippen LogP contribution in [0.4, 0.5) is 0 Å². The first kappa shape index (κ1) is 29.7. The molecule has 0 aromatic heterocycles. The van der Waals surface area contributed by atoms with Crippen molar-refractivity contribution in [1.82, 2.24) is 0 Å². The van der Waals surface area contributed by atoms with Crippen molar-refractivity contribution in [3.05, 3.63) is 83.9 Å². The molecule has 3 aromatic carbocycles. The fourth-order valence-electron chi connectivity index (χ4n) is 5.15. The van der Waals surface area contributed by atoms with E-state index >= 15 is 0 Å². The van der Waals surface area contributed by atoms with Crippen molar-refractivity contribution in [2.24, 2.45) is 0 Å². The molecule has 204 valence electrons. The first-order valence-electron chi connectivity index (χ1n) is 15.1. The van der Waals surface area contributed by atoms with Crippen LogP contribution < -0.4 is 0 Å². The summed E-state index contributed by atoms with van der Waals surface area (Å²) >= 11 is 0. The number of aryl methyl sites for hydroxylation is 1. The number of carbonyl (C=O) groups excluding carboxylic acids is 1. The van der Waals surface area contributed by atoms with Crippen LogP contribution in [0.2, 0.25) is 0 Å². The Kier molecular flexibility index (Phi) is 13.2. The highest BCUT2D eigenvalue weighted by Gasteiger charge is 2.14. The van der Waals surface area contributed by atoms with E-state index in [2.05, 4.69) is 86.6 Å². The fraction of sp³-hybridized carbons (Fsp3) is 0.472. The van der Waals surface area contributed by atoms with E-state index in [1.165, 1.54) is 80.0 Å². The lowest BCUT2D eigenvalue weighted by molar-refractivity contribution is -0.148. The Labute approximate surface area is 231 Å². The molecule has 2 heteroatoms. The summed E-state index contributed by atoms with van der Waals surface area (Å²) in [6, 6.07) is 26.1. The molecule has 0 saturated carbocycles. The van der Waals surface area contributed by atoms with Gasteiger partial charge in [-0.15, -0.1) is 0 Å². The second-order valence-electron chi connectivity index (χ2n) is 10.7. The number of unbranched alkanes of at least 4 members (excludes halogenated alkanes) is 9. The molecule has 0 radical (unpaired) electrons. The summed E-state index contributed by atoms with van der Waals surface area (Å²) in [4.78, 5) is 12.4. The molecule has 0 N–H and O–H groups in total. The summed E-state index contributed by atoms with van der Waals surface area (Å²) in [6.07, 6.45) is 15.0. The van der Waals surface area contributed by atoms with E-state index in [1.54, 1.807) is 0 Å². The van der Waals surface area contributed by atoms with Gasteiger partial charge in [-0.1, -0.05) is 138 Å². The van der Waals surface area contributed by atoms with Crippen LogP contribution in [0.15, 0.2) is 72.8 Å². The van der Waals surface area contributed by atoms with Crippen molar-refractivity contribution in [2.75, 3.05) is 0 Å². The van der Waals surface area contributed by atoms with Gasteiger partial charge in [0.2, 0.25) is 0 Å². The zero-order valence-corrected chi connectivity index (χ0v) is 24.0. The molecule has 38 heavy (non-hydrogen) atoms. The topological polar surface area (TPSA) is 26.3 Å². The SMILES string of the molecule is CCCCCCCCc1cccc(-c2ccccc2-c2cccc(C(C)OC(=O)CCCCCCC)c2)c1. The summed E-state index contributed by atoms with van der Waals surface area (Å²) in [5.41, 5.74) is 7.32. The number of esters is 1. The van der Waals surface area contributed by atoms with Crippen LogP contribution in [-0.4, -0.2) is 5.97 Å². The van der Waals surface area contributed by atoms with E-state index in [9.17, 15) is 4.79 Å². The van der Waals surface area contributed by atoms with Gasteiger partial charge in [0.15, 0.2) is 0 Å². The Morgan fingerprint density at radius 1 is 0.658 bits per heavy atom. The van der Waals surface area contributed by atoms with Crippen LogP contribution in [0.5, 0.6) is 0 Å². The Bertz CT molecular complexity index is 1100. The third-order valence-corrected chi connectivity index (χ3v) is 7.44. The minimum Gasteiger partial charge on any atom is -0.458 e. The van der Waals surface area contributed by atoms with E-state index < -0.39 is 0 Å². The van der Waals surface area contributed by atoms with Crippen molar-refractivity contribution < 1.29 is 9.53 Å². The molecule has 0 aliphatic heterocycles. The van der Waals surface area contributed by atoms with E-state index in [1.807, 2.05) is 6.92 Å². The Hall–Kier alpha value is -2.87. The van der Waals surface area contributed by atoms with E-state index in [0.717, 1.165) is 30.4 Å². The maximum atomic E-state index is 12.4. The molecule has 1 atom stereocenters. The van der Waals surface area contributed by atoms with Crippen molar-refractivity contribution >= 4 is 5.97 Å². The lowest BCUT2D eigenvalue weighted by Crippen LogP contribution is -2.08. The Balaban J connectivity index is 1.67. The van der Waals surface area contributed by atoms with Crippen molar-refractivity contribution in [3.63, 3.8) is 0 Å². The first-order valence-corrected chi connectivity index (χ1v) is 15.1. The molecule has 0 heterocycles. The first-order chi connectivity index (χ1) is 18.6. The summed E-state index contributed by atoms with van der Waals surface area (Å²) < 4.78 is 5.79. The molecule has 3 aromatic rings. The Morgan fingerprint density at radius 2 is 1.24 bits per heavy atom. The fourth-order valence-corrected chi connectivity index (χ4v) is 5.15. The summed E-state index contributed by atoms with van der Waals surface area (Å²) in [6.45, 7) is 6.45. The van der Waals surface area contributed by atoms with Crippen molar-refractivity contribution in [1.29, 1.82) is 0 Å². The molecule has 0 aliphatic carbocycles. The molecule has 3 rings (SSSR count). The smallest absolute Gasteiger partial charge is 0.306 e. The molecule has 0 aliphatic rings. The van der Waals surface area contributed by atoms with Crippen LogP contribution in [0, 0.1) is 0 Å². The minimum atomic E-state index is -0.258. The van der Waals surface area contributed by atoms with Gasteiger partial charge >= 0.3 is 5.97 Å². The summed E-state index contributed by atoms with van der Waals surface area (Å²) in [7, 11) is 0. The van der Waals surface area contributed by atoms with Gasteiger partial charge in [0.05, 0.1) is 0 Å². The number of rotatable bonds is 17. The van der Waals surface area contributed by atoms with Crippen LogP contribution in [0.25, 0.3) is 22.3 Å². The number of ether oxygens (including phenoxy) is 1. The molecule has 0 amide bonds. The Morgan fingerprint density at radius 3 is 1.92 bits per heavy atom. The number of benzene rings is 3. The van der Waals surface area contributed by atoms with Crippen molar-refractivity contribution in [2.45, 2.75) is 110 Å². The van der Waals surface area contributed by atoms with Crippen LogP contribution >= 0.6 is 0 Å². The maximum absolute atomic E-state index is 12.4. The molecule has 2 nitrogen and oxygen atoms in total.